The van der Waals surface area contributed by atoms with Gasteiger partial charge < -0.3 is 18.8 Å². The molecule has 1 fully saturated rings. The maximum Gasteiger partial charge on any atom is 0.338 e. The molecule has 0 spiro atoms. The van der Waals surface area contributed by atoms with Crippen LogP contribution in [0.5, 0.6) is 5.88 Å². The summed E-state index contributed by atoms with van der Waals surface area (Å²) in [4.78, 5) is 24.9. The molecular weight excluding hydrogens is 597 g/mol. The highest BCUT2D eigenvalue weighted by Crippen LogP contribution is 2.26. The molecule has 2 aromatic heterocycles. The van der Waals surface area contributed by atoms with Gasteiger partial charge in [-0.1, -0.05) is 25.1 Å². The highest BCUT2D eigenvalue weighted by molar-refractivity contribution is 5.94. The number of aromatic nitrogens is 3. The molecule has 0 radical (unpaired) electrons. The van der Waals surface area contributed by atoms with E-state index in [1.807, 2.05) is 57.2 Å². The third kappa shape index (κ3) is 7.59. The van der Waals surface area contributed by atoms with Crippen LogP contribution in [0.15, 0.2) is 66.7 Å². The Kier molecular flexibility index (Phi) is 9.21. The molecular formula is C37H38FN5O4. The van der Waals surface area contributed by atoms with Crippen LogP contribution in [-0.2, 0) is 35.7 Å². The number of pyridine rings is 1. The molecule has 1 aliphatic heterocycles. The molecule has 0 unspecified atom stereocenters. The van der Waals surface area contributed by atoms with Crippen molar-refractivity contribution in [1.82, 2.24) is 19.4 Å². The van der Waals surface area contributed by atoms with Crippen LogP contribution in [0.2, 0.25) is 0 Å². The standard InChI is InChI=1S/C37H38FN5O4/c1-5-42(20-25-7-8-26-11-13-35(41-32(26)17-25)46-23-28-9-6-24(19-39)16-30(28)38)22-34-40-31-12-10-27(36(44)47-37(2,3)4)18-33(31)43(34)21-29-14-15-45-29/h6-13,16-18,29H,5,14-15,20-23H2,1-4H3/t29-/m0/s1. The van der Waals surface area contributed by atoms with Crippen LogP contribution in [0.3, 0.4) is 0 Å². The second kappa shape index (κ2) is 13.5. The first-order valence-electron chi connectivity index (χ1n) is 15.9. The smallest absolute Gasteiger partial charge is 0.338 e. The number of fused-ring (bicyclic) bond motifs is 2. The summed E-state index contributed by atoms with van der Waals surface area (Å²) in [6, 6.07) is 21.7. The quantitative estimate of drug-likeness (QED) is 0.144. The van der Waals surface area contributed by atoms with Gasteiger partial charge in [-0.15, -0.1) is 0 Å². The molecule has 10 heteroatoms. The van der Waals surface area contributed by atoms with Gasteiger partial charge in [0.2, 0.25) is 5.88 Å². The summed E-state index contributed by atoms with van der Waals surface area (Å²) in [6.45, 7) is 11.2. The largest absolute Gasteiger partial charge is 0.473 e. The predicted molar refractivity (Wildman–Crippen MR) is 176 cm³/mol. The molecule has 1 aliphatic rings. The van der Waals surface area contributed by atoms with E-state index in [9.17, 15) is 9.18 Å². The molecule has 0 N–H and O–H groups in total. The van der Waals surface area contributed by atoms with E-state index in [2.05, 4.69) is 27.4 Å². The zero-order valence-corrected chi connectivity index (χ0v) is 27.1. The minimum Gasteiger partial charge on any atom is -0.473 e. The van der Waals surface area contributed by atoms with Crippen molar-refractivity contribution in [2.75, 3.05) is 13.2 Å². The number of rotatable bonds is 11. The van der Waals surface area contributed by atoms with Gasteiger partial charge >= 0.3 is 5.97 Å². The third-order valence-corrected chi connectivity index (χ3v) is 8.15. The van der Waals surface area contributed by atoms with Gasteiger partial charge in [-0.3, -0.25) is 4.90 Å². The number of halogens is 1. The summed E-state index contributed by atoms with van der Waals surface area (Å²) in [5.74, 6) is 0.458. The van der Waals surface area contributed by atoms with Crippen molar-refractivity contribution in [2.24, 2.45) is 0 Å². The molecule has 1 atom stereocenters. The summed E-state index contributed by atoms with van der Waals surface area (Å²) in [5.41, 5.74) is 4.10. The minimum atomic E-state index is -0.586. The normalized spacial score (nSPS) is 14.7. The summed E-state index contributed by atoms with van der Waals surface area (Å²) in [5, 5.41) is 9.95. The van der Waals surface area contributed by atoms with Crippen LogP contribution in [0.25, 0.3) is 21.9 Å². The Balaban J connectivity index is 1.20. The van der Waals surface area contributed by atoms with E-state index in [4.69, 9.17) is 24.5 Å². The Hall–Kier alpha value is -4.85. The molecule has 3 aromatic carbocycles. The first-order valence-corrected chi connectivity index (χ1v) is 15.9. The number of benzene rings is 3. The fourth-order valence-electron chi connectivity index (χ4n) is 5.54. The Morgan fingerprint density at radius 2 is 1.87 bits per heavy atom. The van der Waals surface area contributed by atoms with Crippen LogP contribution < -0.4 is 4.74 Å². The molecule has 5 aromatic rings. The third-order valence-electron chi connectivity index (χ3n) is 8.15. The summed E-state index contributed by atoms with van der Waals surface area (Å²) in [6.07, 6.45) is 1.10. The van der Waals surface area contributed by atoms with Crippen LogP contribution in [0.4, 0.5) is 4.39 Å². The Morgan fingerprint density at radius 1 is 1.06 bits per heavy atom. The molecule has 3 heterocycles. The van der Waals surface area contributed by atoms with Gasteiger partial charge in [-0.25, -0.2) is 19.2 Å². The van der Waals surface area contributed by atoms with Crippen LogP contribution in [0.1, 0.15) is 67.0 Å². The van der Waals surface area contributed by atoms with Crippen molar-refractivity contribution in [1.29, 1.82) is 5.26 Å². The van der Waals surface area contributed by atoms with Crippen LogP contribution in [0, 0.1) is 17.1 Å². The summed E-state index contributed by atoms with van der Waals surface area (Å²) in [7, 11) is 0. The molecule has 6 rings (SSSR count). The lowest BCUT2D eigenvalue weighted by Crippen LogP contribution is -2.32. The van der Waals surface area contributed by atoms with Gasteiger partial charge in [0.15, 0.2) is 0 Å². The number of imidazole rings is 1. The van der Waals surface area contributed by atoms with Gasteiger partial charge in [-0.2, -0.15) is 5.26 Å². The van der Waals surface area contributed by atoms with E-state index in [1.54, 1.807) is 24.3 Å². The number of esters is 1. The number of carbonyl (C=O) groups excluding carboxylic acids is 1. The predicted octanol–water partition coefficient (Wildman–Crippen LogP) is 6.94. The lowest BCUT2D eigenvalue weighted by atomic mass is 10.1. The summed E-state index contributed by atoms with van der Waals surface area (Å²) < 4.78 is 33.7. The number of hydrogen-bond acceptors (Lipinski definition) is 8. The highest BCUT2D eigenvalue weighted by atomic mass is 19.1. The molecule has 0 amide bonds. The van der Waals surface area contributed by atoms with E-state index in [0.717, 1.165) is 52.9 Å². The number of hydrogen-bond donors (Lipinski definition) is 0. The maximum atomic E-state index is 14.3. The molecule has 0 saturated carbocycles. The molecule has 0 bridgehead atoms. The summed E-state index contributed by atoms with van der Waals surface area (Å²) >= 11 is 0. The van der Waals surface area contributed by atoms with E-state index >= 15 is 0 Å². The van der Waals surface area contributed by atoms with Crippen LogP contribution in [-0.4, -0.2) is 50.3 Å². The molecule has 1 saturated heterocycles. The molecule has 0 aliphatic carbocycles. The fraction of sp³-hybridized carbons (Fsp3) is 0.351. The Labute approximate surface area is 273 Å². The van der Waals surface area contributed by atoms with E-state index in [0.29, 0.717) is 36.6 Å². The highest BCUT2D eigenvalue weighted by Gasteiger charge is 2.24. The average Bonchev–Trinajstić information content (AvgIpc) is 3.36. The van der Waals surface area contributed by atoms with Crippen molar-refractivity contribution in [3.8, 4) is 11.9 Å². The van der Waals surface area contributed by atoms with Crippen molar-refractivity contribution in [3.63, 3.8) is 0 Å². The molecule has 242 valence electrons. The van der Waals surface area contributed by atoms with Crippen molar-refractivity contribution in [3.05, 3.63) is 101 Å². The first-order chi connectivity index (χ1) is 22.6. The molecule has 9 nitrogen and oxygen atoms in total. The van der Waals surface area contributed by atoms with Gasteiger partial charge in [0.25, 0.3) is 0 Å². The van der Waals surface area contributed by atoms with Gasteiger partial charge in [0, 0.05) is 30.2 Å². The maximum absolute atomic E-state index is 14.3. The number of nitriles is 1. The average molecular weight is 636 g/mol. The second-order valence-corrected chi connectivity index (χ2v) is 12.8. The second-order valence-electron chi connectivity index (χ2n) is 12.8. The van der Waals surface area contributed by atoms with Crippen LogP contribution >= 0.6 is 0 Å². The Morgan fingerprint density at radius 3 is 2.57 bits per heavy atom. The lowest BCUT2D eigenvalue weighted by molar-refractivity contribution is -0.0592. The van der Waals surface area contributed by atoms with E-state index < -0.39 is 11.4 Å². The fourth-order valence-corrected chi connectivity index (χ4v) is 5.54. The zero-order chi connectivity index (χ0) is 33.1. The van der Waals surface area contributed by atoms with E-state index in [1.165, 1.54) is 6.07 Å². The number of carbonyl (C=O) groups is 1. The lowest BCUT2D eigenvalue weighted by Gasteiger charge is -2.28. The van der Waals surface area contributed by atoms with Crippen molar-refractivity contribution in [2.45, 2.75) is 72.1 Å². The van der Waals surface area contributed by atoms with Gasteiger partial charge in [0.05, 0.1) is 52.9 Å². The monoisotopic (exact) mass is 635 g/mol. The van der Waals surface area contributed by atoms with Gasteiger partial charge in [-0.05, 0) is 81.8 Å². The topological polar surface area (TPSA) is 103 Å². The first kappa shape index (κ1) is 32.1. The number of ether oxygens (including phenoxy) is 3. The van der Waals surface area contributed by atoms with Gasteiger partial charge in [0.1, 0.15) is 23.8 Å². The zero-order valence-electron chi connectivity index (χ0n) is 27.1. The minimum absolute atomic E-state index is 0.00547. The number of nitrogens with zero attached hydrogens (tertiary/aromatic N) is 5. The SMILES string of the molecule is CCN(Cc1ccc2ccc(OCc3ccc(C#N)cc3F)nc2c1)Cc1nc2ccc(C(=O)OC(C)(C)C)cc2n1C[C@@H]1CCO1. The van der Waals surface area contributed by atoms with Crippen molar-refractivity contribution < 1.29 is 23.4 Å². The van der Waals surface area contributed by atoms with Crippen molar-refractivity contribution >= 4 is 27.9 Å². The molecule has 47 heavy (non-hydrogen) atoms. The Bertz CT molecular complexity index is 1970. The van der Waals surface area contributed by atoms with E-state index in [-0.39, 0.29) is 24.2 Å².